The Morgan fingerprint density at radius 3 is 3.06 bits per heavy atom. The molecule has 0 aliphatic rings. The third-order valence-corrected chi connectivity index (χ3v) is 3.23. The number of fused-ring (bicyclic) bond motifs is 1. The van der Waals surface area contributed by atoms with Crippen LogP contribution in [0.5, 0.6) is 0 Å². The Labute approximate surface area is 105 Å². The Morgan fingerprint density at radius 1 is 1.65 bits per heavy atom. The van der Waals surface area contributed by atoms with E-state index in [0.717, 1.165) is 10.9 Å². The minimum absolute atomic E-state index is 0.0837. The molecule has 90 valence electrons. The standard InChI is InChI=1S/C10H10BrN3O3/c1-17-10(11)4-6-7-5-12-13-8(7)2-3-9(6)14(15)16/h2-3,5,10H,4H2,1H3,(H,12,13)/t10-/m1/s1. The maximum atomic E-state index is 11.0. The van der Waals surface area contributed by atoms with Gasteiger partial charge in [0, 0.05) is 30.5 Å². The number of hydrogen-bond donors (Lipinski definition) is 1. The molecule has 1 heterocycles. The highest BCUT2D eigenvalue weighted by Crippen LogP contribution is 2.29. The number of halogens is 1. The fourth-order valence-electron chi connectivity index (χ4n) is 1.69. The Bertz CT molecular complexity index is 555. The van der Waals surface area contributed by atoms with Crippen LogP contribution >= 0.6 is 15.9 Å². The molecule has 2 rings (SSSR count). The molecule has 6 nitrogen and oxygen atoms in total. The molecule has 7 heteroatoms. The molecule has 0 unspecified atom stereocenters. The molecule has 2 aromatic rings. The van der Waals surface area contributed by atoms with Crippen LogP contribution in [0.1, 0.15) is 5.56 Å². The van der Waals surface area contributed by atoms with Gasteiger partial charge >= 0.3 is 0 Å². The van der Waals surface area contributed by atoms with Gasteiger partial charge in [0.05, 0.1) is 16.6 Å². The minimum atomic E-state index is -0.392. The second kappa shape index (κ2) is 4.80. The maximum Gasteiger partial charge on any atom is 0.273 e. The number of nitro groups is 1. The molecular weight excluding hydrogens is 290 g/mol. The van der Waals surface area contributed by atoms with E-state index >= 15 is 0 Å². The number of rotatable bonds is 4. The van der Waals surface area contributed by atoms with Gasteiger partial charge in [0.2, 0.25) is 0 Å². The lowest BCUT2D eigenvalue weighted by atomic mass is 10.1. The zero-order valence-electron chi connectivity index (χ0n) is 9.01. The van der Waals surface area contributed by atoms with Gasteiger partial charge in [-0.1, -0.05) is 15.9 Å². The molecule has 0 aliphatic heterocycles. The lowest BCUT2D eigenvalue weighted by Gasteiger charge is -2.08. The first kappa shape index (κ1) is 12.0. The molecule has 0 bridgehead atoms. The number of hydrogen-bond acceptors (Lipinski definition) is 4. The van der Waals surface area contributed by atoms with E-state index in [0.29, 0.717) is 12.0 Å². The summed E-state index contributed by atoms with van der Waals surface area (Å²) in [6.45, 7) is 0. The van der Waals surface area contributed by atoms with E-state index < -0.39 is 4.92 Å². The fraction of sp³-hybridized carbons (Fsp3) is 0.300. The van der Waals surface area contributed by atoms with Crippen molar-refractivity contribution in [1.29, 1.82) is 0 Å². The number of alkyl halides is 1. The van der Waals surface area contributed by atoms with Gasteiger partial charge in [-0.05, 0) is 6.07 Å². The Balaban J connectivity index is 2.57. The van der Waals surface area contributed by atoms with Gasteiger partial charge in [-0.15, -0.1) is 0 Å². The lowest BCUT2D eigenvalue weighted by molar-refractivity contribution is -0.385. The second-order valence-electron chi connectivity index (χ2n) is 3.50. The van der Waals surface area contributed by atoms with Crippen LogP contribution in [0, 0.1) is 10.1 Å². The van der Waals surface area contributed by atoms with Crippen molar-refractivity contribution in [1.82, 2.24) is 10.2 Å². The number of nitrogens with one attached hydrogen (secondary N) is 1. The smallest absolute Gasteiger partial charge is 0.273 e. The molecule has 0 spiro atoms. The second-order valence-corrected chi connectivity index (χ2v) is 4.52. The molecule has 0 radical (unpaired) electrons. The number of methoxy groups -OCH3 is 1. The SMILES string of the molecule is CO[C@@H](Br)Cc1c([N+](=O)[O-])ccc2[nH]ncc12. The van der Waals surface area contributed by atoms with E-state index in [1.807, 2.05) is 0 Å². The third-order valence-electron chi connectivity index (χ3n) is 2.53. The van der Waals surface area contributed by atoms with Crippen LogP contribution in [0.25, 0.3) is 10.9 Å². The maximum absolute atomic E-state index is 11.0. The molecule has 1 N–H and O–H groups in total. The monoisotopic (exact) mass is 299 g/mol. The Morgan fingerprint density at radius 2 is 2.41 bits per heavy atom. The minimum Gasteiger partial charge on any atom is -0.370 e. The van der Waals surface area contributed by atoms with E-state index in [9.17, 15) is 10.1 Å². The molecule has 0 saturated heterocycles. The van der Waals surface area contributed by atoms with Crippen molar-refractivity contribution in [3.8, 4) is 0 Å². The summed E-state index contributed by atoms with van der Waals surface area (Å²) >= 11 is 3.30. The van der Waals surface area contributed by atoms with Crippen molar-refractivity contribution < 1.29 is 9.66 Å². The zero-order chi connectivity index (χ0) is 12.4. The van der Waals surface area contributed by atoms with Gasteiger partial charge < -0.3 is 4.74 Å². The Hall–Kier alpha value is -1.47. The average molecular weight is 300 g/mol. The van der Waals surface area contributed by atoms with Crippen LogP contribution in [0.2, 0.25) is 0 Å². The molecule has 0 amide bonds. The quantitative estimate of drug-likeness (QED) is 0.534. The molecular formula is C10H10BrN3O3. The first-order valence-electron chi connectivity index (χ1n) is 4.89. The Kier molecular flexibility index (Phi) is 3.39. The summed E-state index contributed by atoms with van der Waals surface area (Å²) in [5.74, 6) is 0. The predicted molar refractivity (Wildman–Crippen MR) is 66.2 cm³/mol. The number of nitro benzene ring substituents is 1. The first-order chi connectivity index (χ1) is 8.13. The largest absolute Gasteiger partial charge is 0.370 e. The third kappa shape index (κ3) is 2.29. The predicted octanol–water partition coefficient (Wildman–Crippen LogP) is 2.38. The van der Waals surface area contributed by atoms with Gasteiger partial charge in [0.15, 0.2) is 0 Å². The van der Waals surface area contributed by atoms with Crippen molar-refractivity contribution in [3.63, 3.8) is 0 Å². The van der Waals surface area contributed by atoms with Crippen LogP contribution < -0.4 is 0 Å². The summed E-state index contributed by atoms with van der Waals surface area (Å²) in [6, 6.07) is 3.13. The van der Waals surface area contributed by atoms with Crippen molar-refractivity contribution in [2.75, 3.05) is 7.11 Å². The van der Waals surface area contributed by atoms with Crippen molar-refractivity contribution in [3.05, 3.63) is 34.0 Å². The zero-order valence-corrected chi connectivity index (χ0v) is 10.6. The van der Waals surface area contributed by atoms with Crippen LogP contribution in [0.15, 0.2) is 18.3 Å². The number of aromatic nitrogens is 2. The average Bonchev–Trinajstić information content (AvgIpc) is 2.77. The van der Waals surface area contributed by atoms with Gasteiger partial charge in [0.1, 0.15) is 5.01 Å². The molecule has 1 aromatic heterocycles. The van der Waals surface area contributed by atoms with Crippen LogP contribution in [-0.2, 0) is 11.2 Å². The van der Waals surface area contributed by atoms with Crippen LogP contribution in [0.3, 0.4) is 0 Å². The molecule has 1 atom stereocenters. The van der Waals surface area contributed by atoms with Crippen molar-refractivity contribution >= 4 is 32.5 Å². The van der Waals surface area contributed by atoms with E-state index in [2.05, 4.69) is 26.1 Å². The number of benzene rings is 1. The van der Waals surface area contributed by atoms with E-state index in [4.69, 9.17) is 4.74 Å². The number of aromatic amines is 1. The van der Waals surface area contributed by atoms with Crippen molar-refractivity contribution in [2.45, 2.75) is 11.4 Å². The number of ether oxygens (including phenoxy) is 1. The summed E-state index contributed by atoms with van der Waals surface area (Å²) in [7, 11) is 1.54. The van der Waals surface area contributed by atoms with Gasteiger partial charge in [-0.25, -0.2) is 0 Å². The number of H-pyrrole nitrogens is 1. The molecule has 0 aliphatic carbocycles. The topological polar surface area (TPSA) is 81.0 Å². The first-order valence-corrected chi connectivity index (χ1v) is 5.81. The van der Waals surface area contributed by atoms with Gasteiger partial charge in [-0.3, -0.25) is 15.2 Å². The van der Waals surface area contributed by atoms with E-state index in [-0.39, 0.29) is 10.7 Å². The van der Waals surface area contributed by atoms with E-state index in [1.54, 1.807) is 19.4 Å². The summed E-state index contributed by atoms with van der Waals surface area (Å²) in [5, 5.41) is 18.1. The summed E-state index contributed by atoms with van der Waals surface area (Å²) < 4.78 is 5.08. The van der Waals surface area contributed by atoms with Crippen LogP contribution in [-0.4, -0.2) is 27.2 Å². The highest BCUT2D eigenvalue weighted by atomic mass is 79.9. The van der Waals surface area contributed by atoms with Crippen molar-refractivity contribution in [2.24, 2.45) is 0 Å². The summed E-state index contributed by atoms with van der Waals surface area (Å²) in [5.41, 5.74) is 1.48. The normalized spacial score (nSPS) is 12.8. The van der Waals surface area contributed by atoms with E-state index in [1.165, 1.54) is 6.07 Å². The molecule has 1 aromatic carbocycles. The molecule has 0 saturated carbocycles. The lowest BCUT2D eigenvalue weighted by Crippen LogP contribution is -2.07. The molecule has 0 fully saturated rings. The summed E-state index contributed by atoms with van der Waals surface area (Å²) in [4.78, 5) is 10.6. The highest BCUT2D eigenvalue weighted by Gasteiger charge is 2.20. The highest BCUT2D eigenvalue weighted by molar-refractivity contribution is 9.09. The van der Waals surface area contributed by atoms with Crippen LogP contribution in [0.4, 0.5) is 5.69 Å². The molecule has 17 heavy (non-hydrogen) atoms. The van der Waals surface area contributed by atoms with Gasteiger partial charge in [-0.2, -0.15) is 5.10 Å². The fourth-order valence-corrected chi connectivity index (χ4v) is 2.02. The summed E-state index contributed by atoms with van der Waals surface area (Å²) in [6.07, 6.45) is 2.00. The van der Waals surface area contributed by atoms with Gasteiger partial charge in [0.25, 0.3) is 5.69 Å². The number of nitrogens with zero attached hydrogens (tertiary/aromatic N) is 2.